The third-order valence-corrected chi connectivity index (χ3v) is 3.56. The number of hydrogen-bond donors (Lipinski definition) is 1. The Balaban J connectivity index is 2.00. The summed E-state index contributed by atoms with van der Waals surface area (Å²) >= 11 is 12.1. The largest absolute Gasteiger partial charge is 0.493 e. The van der Waals surface area contributed by atoms with Gasteiger partial charge in [-0.05, 0) is 36.2 Å². The minimum Gasteiger partial charge on any atom is -0.493 e. The first-order valence-corrected chi connectivity index (χ1v) is 7.88. The second kappa shape index (κ2) is 8.66. The molecule has 2 aromatic carbocycles. The van der Waals surface area contributed by atoms with Crippen LogP contribution in [-0.4, -0.2) is 12.8 Å². The highest BCUT2D eigenvalue weighted by Crippen LogP contribution is 2.21. The number of nitrogens with one attached hydrogen (secondary N) is 1. The lowest BCUT2D eigenvalue weighted by Crippen LogP contribution is -2.06. The number of nitrogens with zero attached hydrogens (tertiary/aromatic N) is 1. The van der Waals surface area contributed by atoms with E-state index in [1.807, 2.05) is 36.4 Å². The van der Waals surface area contributed by atoms with E-state index in [1.54, 1.807) is 12.3 Å². The smallest absolute Gasteiger partial charge is 0.128 e. The van der Waals surface area contributed by atoms with Crippen molar-refractivity contribution in [2.75, 3.05) is 6.61 Å². The van der Waals surface area contributed by atoms with Crippen molar-refractivity contribution in [2.24, 2.45) is 5.10 Å². The molecule has 3 nitrogen and oxygen atoms in total. The van der Waals surface area contributed by atoms with E-state index in [9.17, 15) is 0 Å². The predicted molar refractivity (Wildman–Crippen MR) is 93.1 cm³/mol. The standard InChI is InChI=1S/C17H18Cl2N2O/c1-2-9-22-17-8-7-15(18)10-14(17)12-21-20-11-13-5-3-4-6-16(13)19/h3-8,10,12,20H,2,9,11H2,1H3/b21-12-. The van der Waals surface area contributed by atoms with Gasteiger partial charge in [-0.1, -0.05) is 48.3 Å². The third-order valence-electron chi connectivity index (χ3n) is 2.96. The minimum absolute atomic E-state index is 0.557. The summed E-state index contributed by atoms with van der Waals surface area (Å²) in [4.78, 5) is 0. The summed E-state index contributed by atoms with van der Waals surface area (Å²) in [6.07, 6.45) is 2.65. The Bertz CT molecular complexity index is 644. The molecule has 2 rings (SSSR count). The molecule has 0 saturated carbocycles. The van der Waals surface area contributed by atoms with Crippen LogP contribution < -0.4 is 10.2 Å². The number of hydrazone groups is 1. The van der Waals surface area contributed by atoms with Gasteiger partial charge in [0.25, 0.3) is 0 Å². The average Bonchev–Trinajstić information content (AvgIpc) is 2.52. The molecule has 2 aromatic rings. The normalized spacial score (nSPS) is 10.9. The Labute approximate surface area is 140 Å². The van der Waals surface area contributed by atoms with Crippen molar-refractivity contribution in [3.05, 3.63) is 63.6 Å². The Morgan fingerprint density at radius 1 is 1.18 bits per heavy atom. The quantitative estimate of drug-likeness (QED) is 0.575. The van der Waals surface area contributed by atoms with E-state index < -0.39 is 0 Å². The van der Waals surface area contributed by atoms with Gasteiger partial charge >= 0.3 is 0 Å². The summed E-state index contributed by atoms with van der Waals surface area (Å²) in [6, 6.07) is 13.1. The van der Waals surface area contributed by atoms with Crippen molar-refractivity contribution in [3.63, 3.8) is 0 Å². The summed E-state index contributed by atoms with van der Waals surface area (Å²) in [5.41, 5.74) is 4.82. The summed E-state index contributed by atoms with van der Waals surface area (Å²) < 4.78 is 5.68. The fourth-order valence-electron chi connectivity index (χ4n) is 1.85. The Kier molecular flexibility index (Phi) is 6.56. The maximum absolute atomic E-state index is 6.09. The monoisotopic (exact) mass is 336 g/mol. The molecule has 0 saturated heterocycles. The van der Waals surface area contributed by atoms with Crippen LogP contribution in [0.5, 0.6) is 5.75 Å². The van der Waals surface area contributed by atoms with E-state index in [-0.39, 0.29) is 0 Å². The van der Waals surface area contributed by atoms with Crippen molar-refractivity contribution in [1.82, 2.24) is 5.43 Å². The molecule has 0 aliphatic rings. The minimum atomic E-state index is 0.557. The van der Waals surface area contributed by atoms with Gasteiger partial charge in [0.05, 0.1) is 19.4 Å². The van der Waals surface area contributed by atoms with E-state index in [4.69, 9.17) is 27.9 Å². The van der Waals surface area contributed by atoms with Gasteiger partial charge in [0.15, 0.2) is 0 Å². The fraction of sp³-hybridized carbons (Fsp3) is 0.235. The molecular formula is C17H18Cl2N2O. The first kappa shape index (κ1) is 16.7. The number of halogens is 2. The van der Waals surface area contributed by atoms with Gasteiger partial charge in [-0.3, -0.25) is 0 Å². The molecule has 116 valence electrons. The van der Waals surface area contributed by atoms with Gasteiger partial charge in [-0.15, -0.1) is 0 Å². The van der Waals surface area contributed by atoms with Crippen LogP contribution in [0.1, 0.15) is 24.5 Å². The first-order valence-electron chi connectivity index (χ1n) is 7.12. The van der Waals surface area contributed by atoms with Gasteiger partial charge < -0.3 is 10.2 Å². The zero-order valence-electron chi connectivity index (χ0n) is 12.4. The van der Waals surface area contributed by atoms with Gasteiger partial charge in [-0.2, -0.15) is 5.10 Å². The Morgan fingerprint density at radius 2 is 2.00 bits per heavy atom. The van der Waals surface area contributed by atoms with Crippen molar-refractivity contribution < 1.29 is 4.74 Å². The lowest BCUT2D eigenvalue weighted by molar-refractivity contribution is 0.317. The molecular weight excluding hydrogens is 319 g/mol. The maximum atomic E-state index is 6.09. The highest BCUT2D eigenvalue weighted by atomic mass is 35.5. The molecule has 1 N–H and O–H groups in total. The molecule has 0 atom stereocenters. The molecule has 0 aromatic heterocycles. The van der Waals surface area contributed by atoms with Crippen LogP contribution in [0.4, 0.5) is 0 Å². The van der Waals surface area contributed by atoms with Crippen molar-refractivity contribution in [3.8, 4) is 5.75 Å². The van der Waals surface area contributed by atoms with E-state index in [1.165, 1.54) is 0 Å². The van der Waals surface area contributed by atoms with Crippen molar-refractivity contribution in [2.45, 2.75) is 19.9 Å². The Hall–Kier alpha value is -1.71. The van der Waals surface area contributed by atoms with Crippen LogP contribution in [0, 0.1) is 0 Å². The van der Waals surface area contributed by atoms with E-state index in [2.05, 4.69) is 17.5 Å². The number of hydrogen-bond acceptors (Lipinski definition) is 3. The van der Waals surface area contributed by atoms with Gasteiger partial charge in [0.1, 0.15) is 5.75 Å². The van der Waals surface area contributed by atoms with Crippen molar-refractivity contribution >= 4 is 29.4 Å². The summed E-state index contributed by atoms with van der Waals surface area (Å²) in [5, 5.41) is 5.59. The highest BCUT2D eigenvalue weighted by Gasteiger charge is 2.02. The molecule has 0 spiro atoms. The molecule has 22 heavy (non-hydrogen) atoms. The van der Waals surface area contributed by atoms with E-state index >= 15 is 0 Å². The lowest BCUT2D eigenvalue weighted by Gasteiger charge is -2.08. The predicted octanol–water partition coefficient (Wildman–Crippen LogP) is 4.91. The second-order valence-corrected chi connectivity index (χ2v) is 5.56. The topological polar surface area (TPSA) is 33.6 Å². The summed E-state index contributed by atoms with van der Waals surface area (Å²) in [5.74, 6) is 0.773. The molecule has 0 fully saturated rings. The number of rotatable bonds is 7. The molecule has 0 radical (unpaired) electrons. The SMILES string of the molecule is CCCOc1ccc(Cl)cc1/C=N\NCc1ccccc1Cl. The van der Waals surface area contributed by atoms with Crippen LogP contribution in [0.15, 0.2) is 47.6 Å². The lowest BCUT2D eigenvalue weighted by atomic mass is 10.2. The van der Waals surface area contributed by atoms with Crippen LogP contribution in [0.3, 0.4) is 0 Å². The first-order chi connectivity index (χ1) is 10.7. The molecule has 0 aliphatic carbocycles. The maximum Gasteiger partial charge on any atom is 0.128 e. The summed E-state index contributed by atoms with van der Waals surface area (Å²) in [6.45, 7) is 3.28. The van der Waals surface area contributed by atoms with E-state index in [0.717, 1.165) is 28.3 Å². The van der Waals surface area contributed by atoms with Crippen LogP contribution in [0.25, 0.3) is 0 Å². The van der Waals surface area contributed by atoms with Crippen LogP contribution in [-0.2, 0) is 6.54 Å². The zero-order chi connectivity index (χ0) is 15.8. The second-order valence-electron chi connectivity index (χ2n) is 4.72. The van der Waals surface area contributed by atoms with E-state index in [0.29, 0.717) is 18.2 Å². The van der Waals surface area contributed by atoms with Crippen molar-refractivity contribution in [1.29, 1.82) is 0 Å². The highest BCUT2D eigenvalue weighted by molar-refractivity contribution is 6.31. The van der Waals surface area contributed by atoms with Gasteiger partial charge in [0.2, 0.25) is 0 Å². The Morgan fingerprint density at radius 3 is 2.77 bits per heavy atom. The number of benzene rings is 2. The number of ether oxygens (including phenoxy) is 1. The van der Waals surface area contributed by atoms with Crippen LogP contribution in [0.2, 0.25) is 10.0 Å². The average molecular weight is 337 g/mol. The zero-order valence-corrected chi connectivity index (χ0v) is 13.9. The molecule has 5 heteroatoms. The molecule has 0 bridgehead atoms. The third kappa shape index (κ3) is 4.93. The molecule has 0 heterocycles. The molecule has 0 unspecified atom stereocenters. The van der Waals surface area contributed by atoms with Gasteiger partial charge in [0, 0.05) is 15.6 Å². The molecule has 0 amide bonds. The fourth-order valence-corrected chi connectivity index (χ4v) is 2.23. The van der Waals surface area contributed by atoms with Crippen LogP contribution >= 0.6 is 23.2 Å². The molecule has 0 aliphatic heterocycles. The van der Waals surface area contributed by atoms with Gasteiger partial charge in [-0.25, -0.2) is 0 Å². The summed E-state index contributed by atoms with van der Waals surface area (Å²) in [7, 11) is 0.